The summed E-state index contributed by atoms with van der Waals surface area (Å²) in [7, 11) is 3.49. The average Bonchev–Trinajstić information content (AvgIpc) is 2.97. The molecule has 2 fully saturated rings. The van der Waals surface area contributed by atoms with Crippen LogP contribution in [0.3, 0.4) is 0 Å². The number of hydrogen-bond donors (Lipinski definition) is 0. The number of rotatable bonds is 3. The van der Waals surface area contributed by atoms with Gasteiger partial charge in [0.2, 0.25) is 0 Å². The Morgan fingerprint density at radius 1 is 1.40 bits per heavy atom. The van der Waals surface area contributed by atoms with Gasteiger partial charge in [-0.2, -0.15) is 0 Å². The first-order valence-corrected chi connectivity index (χ1v) is 5.49. The van der Waals surface area contributed by atoms with Crippen molar-refractivity contribution in [3.63, 3.8) is 0 Å². The van der Waals surface area contributed by atoms with Gasteiger partial charge in [0.05, 0.1) is 18.8 Å². The Morgan fingerprint density at radius 3 is 2.47 bits per heavy atom. The molecule has 2 aliphatic rings. The second-order valence-corrected chi connectivity index (χ2v) is 4.69. The van der Waals surface area contributed by atoms with Crippen molar-refractivity contribution in [2.24, 2.45) is 5.92 Å². The van der Waals surface area contributed by atoms with E-state index in [4.69, 9.17) is 14.2 Å². The summed E-state index contributed by atoms with van der Waals surface area (Å²) in [6, 6.07) is 0. The molecule has 0 aromatic carbocycles. The normalized spacial score (nSPS) is 44.3. The first kappa shape index (κ1) is 11.1. The van der Waals surface area contributed by atoms with E-state index in [0.29, 0.717) is 0 Å². The van der Waals surface area contributed by atoms with Gasteiger partial charge in [0.25, 0.3) is 0 Å². The molecule has 0 aromatic heterocycles. The molecule has 4 atom stereocenters. The van der Waals surface area contributed by atoms with E-state index in [1.165, 1.54) is 0 Å². The zero-order valence-corrected chi connectivity index (χ0v) is 9.79. The fourth-order valence-corrected chi connectivity index (χ4v) is 2.91. The van der Waals surface area contributed by atoms with E-state index < -0.39 is 0 Å². The van der Waals surface area contributed by atoms with Crippen LogP contribution in [0.1, 0.15) is 19.8 Å². The van der Waals surface area contributed by atoms with Crippen LogP contribution in [0.4, 0.5) is 0 Å². The molecule has 0 bridgehead atoms. The topological polar surface area (TPSA) is 31.0 Å². The van der Waals surface area contributed by atoms with E-state index >= 15 is 0 Å². The third kappa shape index (κ3) is 1.73. The number of methoxy groups -OCH3 is 2. The minimum absolute atomic E-state index is 0.0154. The lowest BCUT2D eigenvalue weighted by Gasteiger charge is -2.40. The Morgan fingerprint density at radius 2 is 2.07 bits per heavy atom. The second-order valence-electron chi connectivity index (χ2n) is 4.69. The van der Waals surface area contributed by atoms with Crippen molar-refractivity contribution in [1.82, 2.24) is 0 Å². The molecule has 3 heteroatoms. The van der Waals surface area contributed by atoms with Gasteiger partial charge >= 0.3 is 0 Å². The molecule has 0 amide bonds. The highest BCUT2D eigenvalue weighted by atomic mass is 16.6. The summed E-state index contributed by atoms with van der Waals surface area (Å²) in [6.07, 6.45) is 2.33. The van der Waals surface area contributed by atoms with Crippen molar-refractivity contribution in [3.8, 4) is 0 Å². The van der Waals surface area contributed by atoms with Gasteiger partial charge in [0.15, 0.2) is 0 Å². The maximum absolute atomic E-state index is 5.64. The molecule has 0 aromatic rings. The summed E-state index contributed by atoms with van der Waals surface area (Å²) in [4.78, 5) is 0. The van der Waals surface area contributed by atoms with E-state index in [0.717, 1.165) is 25.0 Å². The van der Waals surface area contributed by atoms with Gasteiger partial charge in [-0.3, -0.25) is 0 Å². The van der Waals surface area contributed by atoms with Gasteiger partial charge in [0.1, 0.15) is 5.60 Å². The van der Waals surface area contributed by atoms with E-state index in [-0.39, 0.29) is 23.7 Å². The molecule has 1 saturated carbocycles. The van der Waals surface area contributed by atoms with Crippen LogP contribution in [0.15, 0.2) is 12.2 Å². The van der Waals surface area contributed by atoms with Crippen LogP contribution in [-0.4, -0.2) is 38.6 Å². The Hall–Kier alpha value is -0.380. The Balaban J connectivity index is 2.21. The molecular weight excluding hydrogens is 192 g/mol. The van der Waals surface area contributed by atoms with Crippen molar-refractivity contribution >= 4 is 0 Å². The summed E-state index contributed by atoms with van der Waals surface area (Å²) < 4.78 is 16.7. The van der Waals surface area contributed by atoms with Crippen LogP contribution < -0.4 is 0 Å². The summed E-state index contributed by atoms with van der Waals surface area (Å²) in [5, 5.41) is 0. The molecule has 2 rings (SSSR count). The molecule has 1 spiro atoms. The summed E-state index contributed by atoms with van der Waals surface area (Å²) in [5.41, 5.74) is 1.16. The lowest BCUT2D eigenvalue weighted by Crippen LogP contribution is -2.49. The van der Waals surface area contributed by atoms with Gasteiger partial charge in [-0.05, 0) is 19.8 Å². The molecular formula is C12H20O3. The Bertz CT molecular complexity index is 258. The van der Waals surface area contributed by atoms with Crippen LogP contribution in [0, 0.1) is 5.92 Å². The molecule has 1 heterocycles. The highest BCUT2D eigenvalue weighted by molar-refractivity contribution is 5.18. The molecule has 3 unspecified atom stereocenters. The van der Waals surface area contributed by atoms with Crippen molar-refractivity contribution < 1.29 is 14.2 Å². The van der Waals surface area contributed by atoms with Crippen LogP contribution in [0.5, 0.6) is 0 Å². The number of ether oxygens (including phenoxy) is 3. The highest BCUT2D eigenvalue weighted by Gasteiger charge is 2.58. The average molecular weight is 212 g/mol. The zero-order valence-electron chi connectivity index (χ0n) is 9.79. The molecule has 1 aliphatic heterocycles. The molecule has 1 aliphatic carbocycles. The van der Waals surface area contributed by atoms with Crippen molar-refractivity contribution in [1.29, 1.82) is 0 Å². The maximum atomic E-state index is 5.64. The third-order valence-corrected chi connectivity index (χ3v) is 3.73. The fraction of sp³-hybridized carbons (Fsp3) is 0.833. The number of hydrogen-bond acceptors (Lipinski definition) is 3. The lowest BCUT2D eigenvalue weighted by molar-refractivity contribution is -0.100. The second kappa shape index (κ2) is 3.89. The summed E-state index contributed by atoms with van der Waals surface area (Å²) in [6.45, 7) is 6.97. The van der Waals surface area contributed by atoms with Gasteiger partial charge in [-0.1, -0.05) is 12.2 Å². The smallest absolute Gasteiger partial charge is 0.101 e. The van der Waals surface area contributed by atoms with Gasteiger partial charge in [0, 0.05) is 20.1 Å². The summed E-state index contributed by atoms with van der Waals surface area (Å²) in [5.74, 6) is 0.279. The third-order valence-electron chi connectivity index (χ3n) is 3.73. The van der Waals surface area contributed by atoms with Crippen LogP contribution >= 0.6 is 0 Å². The highest BCUT2D eigenvalue weighted by Crippen LogP contribution is 2.50. The standard InChI is InChI=1S/C12H20O3/c1-8(2)10-11(14-4)9(13-3)5-6-12(10)7-15-12/h9-11H,1,5-7H2,2-4H3/t9?,10?,11?,12-/m0/s1. The van der Waals surface area contributed by atoms with Crippen molar-refractivity contribution in [2.45, 2.75) is 37.6 Å². The maximum Gasteiger partial charge on any atom is 0.101 e. The van der Waals surface area contributed by atoms with Crippen LogP contribution in [0.2, 0.25) is 0 Å². The van der Waals surface area contributed by atoms with E-state index in [9.17, 15) is 0 Å². The zero-order chi connectivity index (χ0) is 11.1. The first-order chi connectivity index (χ1) is 7.14. The Labute approximate surface area is 91.4 Å². The number of epoxide rings is 1. The molecule has 0 N–H and O–H groups in total. The van der Waals surface area contributed by atoms with E-state index in [2.05, 4.69) is 13.5 Å². The monoisotopic (exact) mass is 212 g/mol. The van der Waals surface area contributed by atoms with Crippen LogP contribution in [-0.2, 0) is 14.2 Å². The predicted octanol–water partition coefficient (Wildman–Crippen LogP) is 1.77. The minimum Gasteiger partial charge on any atom is -0.379 e. The minimum atomic E-state index is 0.0154. The van der Waals surface area contributed by atoms with Gasteiger partial charge in [-0.25, -0.2) is 0 Å². The van der Waals surface area contributed by atoms with E-state index in [1.807, 2.05) is 0 Å². The molecule has 1 saturated heterocycles. The quantitative estimate of drug-likeness (QED) is 0.527. The largest absolute Gasteiger partial charge is 0.379 e. The van der Waals surface area contributed by atoms with E-state index in [1.54, 1.807) is 14.2 Å². The predicted molar refractivity (Wildman–Crippen MR) is 57.8 cm³/mol. The van der Waals surface area contributed by atoms with Gasteiger partial charge in [-0.15, -0.1) is 0 Å². The van der Waals surface area contributed by atoms with Crippen LogP contribution in [0.25, 0.3) is 0 Å². The van der Waals surface area contributed by atoms with Crippen molar-refractivity contribution in [3.05, 3.63) is 12.2 Å². The first-order valence-electron chi connectivity index (χ1n) is 5.49. The molecule has 86 valence electrons. The SMILES string of the molecule is C=C(C)C1C(OC)C(OC)CC[C@]12CO2. The summed E-state index contributed by atoms with van der Waals surface area (Å²) >= 11 is 0. The Kier molecular flexibility index (Phi) is 2.88. The lowest BCUT2D eigenvalue weighted by atomic mass is 9.72. The van der Waals surface area contributed by atoms with Gasteiger partial charge < -0.3 is 14.2 Å². The molecule has 15 heavy (non-hydrogen) atoms. The van der Waals surface area contributed by atoms with Crippen molar-refractivity contribution in [2.75, 3.05) is 20.8 Å². The molecule has 0 radical (unpaired) electrons. The molecule has 3 nitrogen and oxygen atoms in total. The fourth-order valence-electron chi connectivity index (χ4n) is 2.91.